The number of esters is 1. The Balaban J connectivity index is 3.20. The SMILES string of the molecule is CCOC(=O)C(=O)c1cc(OC(C)C)c(OC)cc1F. The summed E-state index contributed by atoms with van der Waals surface area (Å²) in [6, 6.07) is 2.15. The van der Waals surface area contributed by atoms with Crippen LogP contribution in [-0.2, 0) is 9.53 Å². The number of methoxy groups -OCH3 is 1. The molecule has 0 aromatic heterocycles. The Kier molecular flexibility index (Phi) is 5.49. The van der Waals surface area contributed by atoms with Crippen LogP contribution in [0.2, 0.25) is 0 Å². The summed E-state index contributed by atoms with van der Waals surface area (Å²) in [5.41, 5.74) is -0.403. The second-order valence-corrected chi connectivity index (χ2v) is 4.20. The maximum Gasteiger partial charge on any atom is 0.379 e. The predicted octanol–water partition coefficient (Wildman–Crippen LogP) is 2.37. The van der Waals surface area contributed by atoms with Gasteiger partial charge in [0.05, 0.1) is 25.4 Å². The zero-order valence-electron chi connectivity index (χ0n) is 11.9. The van der Waals surface area contributed by atoms with Crippen LogP contribution in [0.4, 0.5) is 4.39 Å². The lowest BCUT2D eigenvalue weighted by Gasteiger charge is -2.14. The third-order valence-electron chi connectivity index (χ3n) is 2.32. The lowest BCUT2D eigenvalue weighted by Crippen LogP contribution is -2.19. The minimum atomic E-state index is -1.10. The zero-order chi connectivity index (χ0) is 15.3. The zero-order valence-corrected chi connectivity index (χ0v) is 11.9. The van der Waals surface area contributed by atoms with Crippen LogP contribution < -0.4 is 9.47 Å². The fraction of sp³-hybridized carbons (Fsp3) is 0.429. The minimum absolute atomic E-state index is 0.0394. The fourth-order valence-electron chi connectivity index (χ4n) is 1.52. The van der Waals surface area contributed by atoms with Gasteiger partial charge < -0.3 is 14.2 Å². The van der Waals surface area contributed by atoms with Crippen LogP contribution in [0.15, 0.2) is 12.1 Å². The molecule has 0 saturated carbocycles. The summed E-state index contributed by atoms with van der Waals surface area (Å²) in [6.07, 6.45) is -0.195. The number of carbonyl (C=O) groups excluding carboxylic acids is 2. The van der Waals surface area contributed by atoms with Gasteiger partial charge in [-0.25, -0.2) is 9.18 Å². The third kappa shape index (κ3) is 3.69. The Bertz CT molecular complexity index is 511. The van der Waals surface area contributed by atoms with E-state index in [-0.39, 0.29) is 24.2 Å². The first kappa shape index (κ1) is 15.9. The predicted molar refractivity (Wildman–Crippen MR) is 69.7 cm³/mol. The number of ketones is 1. The molecular weight excluding hydrogens is 267 g/mol. The maximum absolute atomic E-state index is 13.8. The van der Waals surface area contributed by atoms with E-state index < -0.39 is 23.1 Å². The number of carbonyl (C=O) groups is 2. The van der Waals surface area contributed by atoms with Gasteiger partial charge in [-0.15, -0.1) is 0 Å². The Labute approximate surface area is 116 Å². The molecule has 0 amide bonds. The molecule has 0 N–H and O–H groups in total. The second kappa shape index (κ2) is 6.88. The molecule has 1 aromatic rings. The van der Waals surface area contributed by atoms with Crippen LogP contribution in [0, 0.1) is 5.82 Å². The van der Waals surface area contributed by atoms with E-state index in [2.05, 4.69) is 4.74 Å². The monoisotopic (exact) mass is 284 g/mol. The number of ether oxygens (including phenoxy) is 3. The van der Waals surface area contributed by atoms with Crippen molar-refractivity contribution >= 4 is 11.8 Å². The Hall–Kier alpha value is -2.11. The van der Waals surface area contributed by atoms with Gasteiger partial charge in [0.2, 0.25) is 0 Å². The van der Waals surface area contributed by atoms with E-state index >= 15 is 0 Å². The quantitative estimate of drug-likeness (QED) is 0.456. The summed E-state index contributed by atoms with van der Waals surface area (Å²) in [6.45, 7) is 5.14. The highest BCUT2D eigenvalue weighted by molar-refractivity contribution is 6.40. The van der Waals surface area contributed by atoms with Gasteiger partial charge in [-0.3, -0.25) is 4.79 Å². The van der Waals surface area contributed by atoms with Gasteiger partial charge in [0.25, 0.3) is 5.78 Å². The second-order valence-electron chi connectivity index (χ2n) is 4.20. The minimum Gasteiger partial charge on any atom is -0.493 e. The van der Waals surface area contributed by atoms with Crippen LogP contribution in [0.5, 0.6) is 11.5 Å². The molecule has 0 saturated heterocycles. The van der Waals surface area contributed by atoms with Crippen LogP contribution in [0.3, 0.4) is 0 Å². The molecule has 5 nitrogen and oxygen atoms in total. The maximum atomic E-state index is 13.8. The van der Waals surface area contributed by atoms with E-state index in [9.17, 15) is 14.0 Å². The van der Waals surface area contributed by atoms with E-state index in [0.717, 1.165) is 12.1 Å². The first-order valence-electron chi connectivity index (χ1n) is 6.16. The van der Waals surface area contributed by atoms with E-state index in [0.29, 0.717) is 0 Å². The summed E-state index contributed by atoms with van der Waals surface area (Å²) in [5.74, 6) is -2.68. The van der Waals surface area contributed by atoms with Crippen LogP contribution in [0.25, 0.3) is 0 Å². The number of rotatable bonds is 6. The first-order chi connectivity index (χ1) is 9.40. The van der Waals surface area contributed by atoms with E-state index in [1.807, 2.05) is 0 Å². The average molecular weight is 284 g/mol. The van der Waals surface area contributed by atoms with Gasteiger partial charge in [-0.1, -0.05) is 0 Å². The highest BCUT2D eigenvalue weighted by atomic mass is 19.1. The molecule has 1 aromatic carbocycles. The van der Waals surface area contributed by atoms with Crippen molar-refractivity contribution in [2.45, 2.75) is 26.9 Å². The van der Waals surface area contributed by atoms with E-state index in [1.54, 1.807) is 20.8 Å². The molecule has 0 aliphatic heterocycles. The lowest BCUT2D eigenvalue weighted by atomic mass is 10.1. The molecule has 0 heterocycles. The molecule has 0 aliphatic rings. The molecule has 1 rings (SSSR count). The van der Waals surface area contributed by atoms with Gasteiger partial charge in [0.15, 0.2) is 11.5 Å². The standard InChI is InChI=1S/C14H17FO5/c1-5-19-14(17)13(16)9-6-12(20-8(2)3)11(18-4)7-10(9)15/h6-8H,5H2,1-4H3. The fourth-order valence-corrected chi connectivity index (χ4v) is 1.52. The number of halogens is 1. The summed E-state index contributed by atoms with van der Waals surface area (Å²) in [5, 5.41) is 0. The van der Waals surface area contributed by atoms with Crippen molar-refractivity contribution in [3.8, 4) is 11.5 Å². The summed E-state index contributed by atoms with van der Waals surface area (Å²) in [7, 11) is 1.36. The third-order valence-corrected chi connectivity index (χ3v) is 2.32. The smallest absolute Gasteiger partial charge is 0.379 e. The average Bonchev–Trinajstić information content (AvgIpc) is 2.39. The molecule has 0 unspecified atom stereocenters. The van der Waals surface area contributed by atoms with Crippen molar-refractivity contribution < 1.29 is 28.2 Å². The molecular formula is C14H17FO5. The highest BCUT2D eigenvalue weighted by Crippen LogP contribution is 2.31. The van der Waals surface area contributed by atoms with Gasteiger partial charge in [0.1, 0.15) is 5.82 Å². The highest BCUT2D eigenvalue weighted by Gasteiger charge is 2.24. The van der Waals surface area contributed by atoms with Crippen LogP contribution in [-0.4, -0.2) is 31.6 Å². The van der Waals surface area contributed by atoms with Crippen molar-refractivity contribution in [2.75, 3.05) is 13.7 Å². The van der Waals surface area contributed by atoms with Crippen molar-refractivity contribution in [3.63, 3.8) is 0 Å². The summed E-state index contributed by atoms with van der Waals surface area (Å²) < 4.78 is 28.8. The Morgan fingerprint density at radius 2 is 1.90 bits per heavy atom. The largest absolute Gasteiger partial charge is 0.493 e. The number of Topliss-reactive ketones (excluding diaryl/α,β-unsaturated/α-hetero) is 1. The number of hydrogen-bond donors (Lipinski definition) is 0. The van der Waals surface area contributed by atoms with Gasteiger partial charge in [-0.05, 0) is 26.8 Å². The summed E-state index contributed by atoms with van der Waals surface area (Å²) in [4.78, 5) is 23.2. The number of benzene rings is 1. The molecule has 110 valence electrons. The van der Waals surface area contributed by atoms with Crippen molar-refractivity contribution in [1.29, 1.82) is 0 Å². The van der Waals surface area contributed by atoms with Crippen molar-refractivity contribution in [2.24, 2.45) is 0 Å². The summed E-state index contributed by atoms with van der Waals surface area (Å²) >= 11 is 0. The molecule has 0 fully saturated rings. The van der Waals surface area contributed by atoms with E-state index in [1.165, 1.54) is 7.11 Å². The number of hydrogen-bond acceptors (Lipinski definition) is 5. The topological polar surface area (TPSA) is 61.8 Å². The molecule has 0 radical (unpaired) electrons. The Morgan fingerprint density at radius 1 is 1.25 bits per heavy atom. The van der Waals surface area contributed by atoms with Crippen LogP contribution in [0.1, 0.15) is 31.1 Å². The molecule has 0 atom stereocenters. The lowest BCUT2D eigenvalue weighted by molar-refractivity contribution is -0.137. The van der Waals surface area contributed by atoms with Crippen molar-refractivity contribution in [1.82, 2.24) is 0 Å². The first-order valence-corrected chi connectivity index (χ1v) is 6.16. The van der Waals surface area contributed by atoms with Gasteiger partial charge in [-0.2, -0.15) is 0 Å². The molecule has 20 heavy (non-hydrogen) atoms. The van der Waals surface area contributed by atoms with E-state index in [4.69, 9.17) is 9.47 Å². The Morgan fingerprint density at radius 3 is 2.40 bits per heavy atom. The molecule has 0 spiro atoms. The van der Waals surface area contributed by atoms with Gasteiger partial charge >= 0.3 is 5.97 Å². The molecule has 0 bridgehead atoms. The molecule has 0 aliphatic carbocycles. The molecule has 6 heteroatoms. The van der Waals surface area contributed by atoms with Crippen LogP contribution >= 0.6 is 0 Å². The normalized spacial score (nSPS) is 10.3. The van der Waals surface area contributed by atoms with Gasteiger partial charge in [0, 0.05) is 6.07 Å². The van der Waals surface area contributed by atoms with Crippen molar-refractivity contribution in [3.05, 3.63) is 23.5 Å².